The number of rotatable bonds is 2. The molecule has 4 atom stereocenters. The molecule has 8 heteroatoms. The summed E-state index contributed by atoms with van der Waals surface area (Å²) < 4.78 is 4.99. The van der Waals surface area contributed by atoms with Crippen molar-refractivity contribution in [1.29, 1.82) is 5.26 Å². The first-order valence-corrected chi connectivity index (χ1v) is 10.1. The Morgan fingerprint density at radius 2 is 2.17 bits per heavy atom. The quantitative estimate of drug-likeness (QED) is 0.696. The maximum Gasteiger partial charge on any atom is 0.139 e. The number of benzene rings is 1. The van der Waals surface area contributed by atoms with Gasteiger partial charge in [0, 0.05) is 29.8 Å². The SMILES string of the molecule is CN1C[C@@H]2CC[C@H]1[C@@H](C1=C(C#N)C(c3cccc4nonc34)c3cn[nH]c3N1)C2. The third-order valence-electron chi connectivity index (χ3n) is 6.97. The lowest BCUT2D eigenvalue weighted by molar-refractivity contribution is 0.0350. The average molecular weight is 387 g/mol. The number of aromatic nitrogens is 4. The van der Waals surface area contributed by atoms with Crippen LogP contribution in [0.25, 0.3) is 11.0 Å². The van der Waals surface area contributed by atoms with Gasteiger partial charge in [-0.1, -0.05) is 12.1 Å². The van der Waals surface area contributed by atoms with Gasteiger partial charge in [-0.05, 0) is 54.2 Å². The van der Waals surface area contributed by atoms with Crippen molar-refractivity contribution in [2.45, 2.75) is 31.2 Å². The number of allylic oxidation sites excluding steroid dienone is 1. The molecule has 2 aromatic heterocycles. The van der Waals surface area contributed by atoms with Gasteiger partial charge in [-0.25, -0.2) is 4.63 Å². The van der Waals surface area contributed by atoms with E-state index in [4.69, 9.17) is 4.63 Å². The highest BCUT2D eigenvalue weighted by Gasteiger charge is 2.44. The zero-order valence-electron chi connectivity index (χ0n) is 16.1. The van der Waals surface area contributed by atoms with E-state index in [0.717, 1.165) is 41.2 Å². The van der Waals surface area contributed by atoms with Crippen LogP contribution in [0.2, 0.25) is 0 Å². The fraction of sp³-hybridized carbons (Fsp3) is 0.429. The van der Waals surface area contributed by atoms with E-state index in [1.165, 1.54) is 12.8 Å². The van der Waals surface area contributed by atoms with Crippen molar-refractivity contribution in [1.82, 2.24) is 25.4 Å². The highest BCUT2D eigenvalue weighted by atomic mass is 16.6. The second-order valence-corrected chi connectivity index (χ2v) is 8.47. The Bertz CT molecular complexity index is 1170. The first kappa shape index (κ1) is 16.7. The van der Waals surface area contributed by atoms with E-state index in [9.17, 15) is 5.26 Å². The highest BCUT2D eigenvalue weighted by Crippen LogP contribution is 2.48. The van der Waals surface area contributed by atoms with Crippen LogP contribution in [0, 0.1) is 23.2 Å². The summed E-state index contributed by atoms with van der Waals surface area (Å²) in [6.07, 6.45) is 5.38. The summed E-state index contributed by atoms with van der Waals surface area (Å²) in [4.78, 5) is 2.46. The number of nitriles is 1. The van der Waals surface area contributed by atoms with Crippen molar-refractivity contribution in [2.75, 3.05) is 18.9 Å². The lowest BCUT2D eigenvalue weighted by Crippen LogP contribution is -2.52. The van der Waals surface area contributed by atoms with Crippen LogP contribution in [0.1, 0.15) is 36.3 Å². The molecule has 29 heavy (non-hydrogen) atoms. The molecule has 1 aliphatic carbocycles. The van der Waals surface area contributed by atoms with Gasteiger partial charge in [-0.15, -0.1) is 0 Å². The van der Waals surface area contributed by atoms with Gasteiger partial charge in [-0.3, -0.25) is 5.10 Å². The minimum absolute atomic E-state index is 0.244. The lowest BCUT2D eigenvalue weighted by atomic mass is 9.69. The molecular formula is C21H21N7O. The Balaban J connectivity index is 1.55. The zero-order chi connectivity index (χ0) is 19.5. The van der Waals surface area contributed by atoms with Crippen molar-refractivity contribution >= 4 is 16.9 Å². The topological polar surface area (TPSA) is 107 Å². The van der Waals surface area contributed by atoms with Crippen LogP contribution in [-0.4, -0.2) is 45.0 Å². The summed E-state index contributed by atoms with van der Waals surface area (Å²) in [5.41, 5.74) is 5.05. The summed E-state index contributed by atoms with van der Waals surface area (Å²) in [6, 6.07) is 8.82. The van der Waals surface area contributed by atoms with Crippen molar-refractivity contribution in [3.05, 3.63) is 46.8 Å². The molecule has 1 aromatic carbocycles. The van der Waals surface area contributed by atoms with Gasteiger partial charge < -0.3 is 10.2 Å². The monoisotopic (exact) mass is 387 g/mol. The molecule has 3 aliphatic heterocycles. The number of fused-ring (bicyclic) bond motifs is 5. The fourth-order valence-corrected chi connectivity index (χ4v) is 5.72. The van der Waals surface area contributed by atoms with E-state index in [0.29, 0.717) is 28.9 Å². The van der Waals surface area contributed by atoms with E-state index >= 15 is 0 Å². The van der Waals surface area contributed by atoms with Gasteiger partial charge in [0.2, 0.25) is 0 Å². The molecule has 1 unspecified atom stereocenters. The predicted molar refractivity (Wildman–Crippen MR) is 106 cm³/mol. The Morgan fingerprint density at radius 3 is 3.00 bits per heavy atom. The number of nitrogens with zero attached hydrogens (tertiary/aromatic N) is 5. The molecule has 2 bridgehead atoms. The molecule has 0 amide bonds. The molecule has 8 nitrogen and oxygen atoms in total. The van der Waals surface area contributed by atoms with Gasteiger partial charge >= 0.3 is 0 Å². The Labute approximate surface area is 167 Å². The second-order valence-electron chi connectivity index (χ2n) is 8.47. The first-order valence-electron chi connectivity index (χ1n) is 10.1. The van der Waals surface area contributed by atoms with Crippen LogP contribution in [0.3, 0.4) is 0 Å². The van der Waals surface area contributed by atoms with Crippen LogP contribution in [0.5, 0.6) is 0 Å². The molecule has 7 rings (SSSR count). The van der Waals surface area contributed by atoms with E-state index in [1.807, 2.05) is 18.2 Å². The number of hydrogen-bond acceptors (Lipinski definition) is 7. The molecule has 0 spiro atoms. The van der Waals surface area contributed by atoms with Gasteiger partial charge in [0.1, 0.15) is 16.9 Å². The highest BCUT2D eigenvalue weighted by molar-refractivity contribution is 5.80. The number of anilines is 1. The zero-order valence-corrected chi connectivity index (χ0v) is 16.1. The molecule has 4 aliphatic rings. The number of H-pyrrole nitrogens is 1. The number of nitrogens with one attached hydrogen (secondary N) is 2. The molecule has 146 valence electrons. The second kappa shape index (κ2) is 6.16. The van der Waals surface area contributed by atoms with Gasteiger partial charge in [0.15, 0.2) is 0 Å². The fourth-order valence-electron chi connectivity index (χ4n) is 5.72. The van der Waals surface area contributed by atoms with Crippen LogP contribution in [0.15, 0.2) is 40.3 Å². The summed E-state index contributed by atoms with van der Waals surface area (Å²) in [6.45, 7) is 1.15. The van der Waals surface area contributed by atoms with E-state index < -0.39 is 0 Å². The van der Waals surface area contributed by atoms with Crippen LogP contribution in [0.4, 0.5) is 5.82 Å². The van der Waals surface area contributed by atoms with E-state index in [2.05, 4.69) is 43.8 Å². The predicted octanol–water partition coefficient (Wildman–Crippen LogP) is 3.01. The van der Waals surface area contributed by atoms with Crippen LogP contribution in [-0.2, 0) is 0 Å². The molecule has 2 saturated heterocycles. The molecule has 2 N–H and O–H groups in total. The average Bonchev–Trinajstić information content (AvgIpc) is 3.41. The maximum absolute atomic E-state index is 10.3. The Kier molecular flexibility index (Phi) is 3.56. The number of aromatic amines is 1. The minimum atomic E-state index is -0.244. The Morgan fingerprint density at radius 1 is 1.24 bits per heavy atom. The summed E-state index contributed by atoms with van der Waals surface area (Å²) in [7, 11) is 2.21. The van der Waals surface area contributed by atoms with Crippen molar-refractivity contribution in [3.8, 4) is 6.07 Å². The van der Waals surface area contributed by atoms with Crippen LogP contribution >= 0.6 is 0 Å². The molecule has 3 fully saturated rings. The van der Waals surface area contributed by atoms with E-state index in [1.54, 1.807) is 6.20 Å². The largest absolute Gasteiger partial charge is 0.343 e. The minimum Gasteiger partial charge on any atom is -0.343 e. The summed E-state index contributed by atoms with van der Waals surface area (Å²) >= 11 is 0. The maximum atomic E-state index is 10.3. The van der Waals surface area contributed by atoms with Crippen molar-refractivity contribution < 1.29 is 4.63 Å². The normalized spacial score (nSPS) is 29.0. The van der Waals surface area contributed by atoms with Crippen molar-refractivity contribution in [2.24, 2.45) is 11.8 Å². The Hall–Kier alpha value is -3.18. The molecule has 3 aromatic rings. The third kappa shape index (κ3) is 2.37. The van der Waals surface area contributed by atoms with Crippen LogP contribution < -0.4 is 5.32 Å². The lowest BCUT2D eigenvalue weighted by Gasteiger charge is -2.50. The van der Waals surface area contributed by atoms with Crippen molar-refractivity contribution in [3.63, 3.8) is 0 Å². The molecular weight excluding hydrogens is 366 g/mol. The molecule has 5 heterocycles. The van der Waals surface area contributed by atoms with Gasteiger partial charge in [0.25, 0.3) is 0 Å². The smallest absolute Gasteiger partial charge is 0.139 e. The first-order chi connectivity index (χ1) is 14.2. The van der Waals surface area contributed by atoms with Gasteiger partial charge in [-0.2, -0.15) is 10.4 Å². The number of piperidine rings is 2. The molecule has 1 saturated carbocycles. The summed E-state index contributed by atoms with van der Waals surface area (Å²) in [5.74, 6) is 1.62. The third-order valence-corrected chi connectivity index (χ3v) is 6.97. The number of hydrogen-bond donors (Lipinski definition) is 2. The standard InChI is InChI=1S/C21H21N7O/c1-28-10-11-5-6-17(28)13(7-11)19-14(8-22)18(15-9-23-25-21(15)24-19)12-3-2-4-16-20(12)27-29-26-16/h2-4,9,11,13,17-18H,5-7,10H2,1H3,(H2,23,24,25)/t11-,13+,17+,18?/m1/s1. The van der Waals surface area contributed by atoms with Gasteiger partial charge in [0.05, 0.1) is 23.8 Å². The van der Waals surface area contributed by atoms with E-state index in [-0.39, 0.29) is 5.92 Å². The summed E-state index contributed by atoms with van der Waals surface area (Å²) in [5, 5.41) is 29.3. The molecule has 0 radical (unpaired) electrons.